The van der Waals surface area contributed by atoms with Crippen molar-refractivity contribution in [2.24, 2.45) is 17.3 Å². The molecule has 1 N–H and O–H groups in total. The van der Waals surface area contributed by atoms with E-state index in [1.807, 2.05) is 30.4 Å². The van der Waals surface area contributed by atoms with Gasteiger partial charge in [0.2, 0.25) is 0 Å². The lowest BCUT2D eigenvalue weighted by atomic mass is 9.71. The third-order valence-corrected chi connectivity index (χ3v) is 5.93. The Hall–Kier alpha value is -1.83. The average Bonchev–Trinajstić information content (AvgIpc) is 3.26. The van der Waals surface area contributed by atoms with Crippen LogP contribution in [0.3, 0.4) is 0 Å². The first-order chi connectivity index (χ1) is 11.7. The summed E-state index contributed by atoms with van der Waals surface area (Å²) >= 11 is 0. The van der Waals surface area contributed by atoms with Crippen LogP contribution in [0.15, 0.2) is 60.3 Å². The molecule has 0 aliphatic heterocycles. The van der Waals surface area contributed by atoms with Gasteiger partial charge in [0.15, 0.2) is 0 Å². The second kappa shape index (κ2) is 7.38. The lowest BCUT2D eigenvalue weighted by molar-refractivity contribution is -0.145. The fourth-order valence-corrected chi connectivity index (χ4v) is 4.56. The molecule has 2 heteroatoms. The minimum Gasteiger partial charge on any atom is -0.480 e. The van der Waals surface area contributed by atoms with Crippen molar-refractivity contribution in [1.82, 2.24) is 0 Å². The van der Waals surface area contributed by atoms with E-state index in [9.17, 15) is 9.90 Å². The van der Waals surface area contributed by atoms with Crippen molar-refractivity contribution in [2.75, 3.05) is 0 Å². The number of rotatable bonds is 9. The molecule has 0 amide bonds. The van der Waals surface area contributed by atoms with Crippen LogP contribution in [-0.4, -0.2) is 11.1 Å². The SMILES string of the molecule is C=CCCCCC=C[C@H]1CCC[C@@H]1CC1(C(=O)O)C2=CC=C1C=C2. The van der Waals surface area contributed by atoms with E-state index in [2.05, 4.69) is 18.7 Å². The number of carboxylic acids is 1. The third kappa shape index (κ3) is 3.07. The number of carboxylic acid groups (broad SMARTS) is 1. The Bertz CT molecular complexity index is 596. The fourth-order valence-electron chi connectivity index (χ4n) is 4.56. The van der Waals surface area contributed by atoms with Crippen LogP contribution in [0.4, 0.5) is 0 Å². The number of fused-ring (bicyclic) bond motifs is 2. The monoisotopic (exact) mass is 324 g/mol. The van der Waals surface area contributed by atoms with Crippen LogP contribution < -0.4 is 0 Å². The van der Waals surface area contributed by atoms with Crippen LogP contribution >= 0.6 is 0 Å². The predicted molar refractivity (Wildman–Crippen MR) is 98.6 cm³/mol. The number of hydrogen-bond donors (Lipinski definition) is 1. The van der Waals surface area contributed by atoms with Gasteiger partial charge in [-0.1, -0.05) is 49.0 Å². The van der Waals surface area contributed by atoms with E-state index >= 15 is 0 Å². The molecular weight excluding hydrogens is 296 g/mol. The van der Waals surface area contributed by atoms with Gasteiger partial charge in [-0.15, -0.1) is 6.58 Å². The highest BCUT2D eigenvalue weighted by Crippen LogP contribution is 2.54. The van der Waals surface area contributed by atoms with E-state index in [4.69, 9.17) is 0 Å². The van der Waals surface area contributed by atoms with Gasteiger partial charge in [-0.3, -0.25) is 4.79 Å². The van der Waals surface area contributed by atoms with Gasteiger partial charge in [0.1, 0.15) is 5.41 Å². The number of carbonyl (C=O) groups is 1. The molecule has 0 saturated heterocycles. The highest BCUT2D eigenvalue weighted by atomic mass is 16.4. The molecule has 0 aromatic rings. The summed E-state index contributed by atoms with van der Waals surface area (Å²) in [6, 6.07) is 0. The Kier molecular flexibility index (Phi) is 5.23. The van der Waals surface area contributed by atoms with E-state index in [-0.39, 0.29) is 0 Å². The molecule has 24 heavy (non-hydrogen) atoms. The molecule has 1 fully saturated rings. The average molecular weight is 324 g/mol. The normalized spacial score (nSPS) is 26.8. The molecule has 3 aliphatic carbocycles. The summed E-state index contributed by atoms with van der Waals surface area (Å²) in [5.41, 5.74) is 1.19. The summed E-state index contributed by atoms with van der Waals surface area (Å²) in [6.45, 7) is 3.76. The molecule has 3 aliphatic rings. The maximum Gasteiger partial charge on any atom is 0.318 e. The van der Waals surface area contributed by atoms with Gasteiger partial charge in [-0.2, -0.15) is 0 Å². The highest BCUT2D eigenvalue weighted by molar-refractivity contribution is 5.89. The minimum atomic E-state index is -0.759. The van der Waals surface area contributed by atoms with Crippen LogP contribution in [-0.2, 0) is 4.79 Å². The second-order valence-corrected chi connectivity index (χ2v) is 7.35. The smallest absolute Gasteiger partial charge is 0.318 e. The lowest BCUT2D eigenvalue weighted by Gasteiger charge is -2.30. The molecule has 0 aromatic carbocycles. The van der Waals surface area contributed by atoms with Gasteiger partial charge in [0.05, 0.1) is 0 Å². The van der Waals surface area contributed by atoms with E-state index in [0.717, 1.165) is 36.8 Å². The maximum absolute atomic E-state index is 12.1. The zero-order chi connectivity index (χ0) is 17.0. The molecule has 128 valence electrons. The Morgan fingerprint density at radius 2 is 1.92 bits per heavy atom. The van der Waals surface area contributed by atoms with E-state index in [0.29, 0.717) is 11.8 Å². The molecule has 0 unspecified atom stereocenters. The Morgan fingerprint density at radius 3 is 2.54 bits per heavy atom. The first-order valence-corrected chi connectivity index (χ1v) is 9.30. The predicted octanol–water partition coefficient (Wildman–Crippen LogP) is 5.60. The van der Waals surface area contributed by atoms with Crippen molar-refractivity contribution in [3.63, 3.8) is 0 Å². The van der Waals surface area contributed by atoms with Gasteiger partial charge >= 0.3 is 5.97 Å². The molecule has 0 radical (unpaired) electrons. The third-order valence-electron chi connectivity index (χ3n) is 5.93. The zero-order valence-corrected chi connectivity index (χ0v) is 14.4. The van der Waals surface area contributed by atoms with Crippen LogP contribution in [0.5, 0.6) is 0 Å². The molecule has 0 spiro atoms. The van der Waals surface area contributed by atoms with E-state index in [1.165, 1.54) is 25.7 Å². The van der Waals surface area contributed by atoms with Crippen molar-refractivity contribution in [3.8, 4) is 0 Å². The number of hydrogen-bond acceptors (Lipinski definition) is 1. The Morgan fingerprint density at radius 1 is 1.21 bits per heavy atom. The molecule has 2 bridgehead atoms. The summed E-state index contributed by atoms with van der Waals surface area (Å²) in [5, 5.41) is 9.94. The lowest BCUT2D eigenvalue weighted by Crippen LogP contribution is -2.33. The van der Waals surface area contributed by atoms with Gasteiger partial charge < -0.3 is 5.11 Å². The van der Waals surface area contributed by atoms with Gasteiger partial charge in [0, 0.05) is 0 Å². The van der Waals surface area contributed by atoms with E-state index in [1.54, 1.807) is 0 Å². The number of allylic oxidation sites excluding steroid dienone is 7. The van der Waals surface area contributed by atoms with Crippen LogP contribution in [0.2, 0.25) is 0 Å². The Labute approximate surface area is 145 Å². The van der Waals surface area contributed by atoms with Crippen LogP contribution in [0.1, 0.15) is 51.4 Å². The fraction of sp³-hybridized carbons (Fsp3) is 0.500. The standard InChI is InChI=1S/C22H28O2/c1-2-3-4-5-6-7-9-17-10-8-11-18(17)16-22(21(23)24)19-12-13-20(22)15-14-19/h2,7,9,12-15,17-18H,1,3-6,8,10-11,16H2,(H,23,24)/t17-,18+/m0/s1. The first kappa shape index (κ1) is 17.0. The van der Waals surface area contributed by atoms with Crippen molar-refractivity contribution in [3.05, 3.63) is 60.3 Å². The molecule has 0 aromatic heterocycles. The highest BCUT2D eigenvalue weighted by Gasteiger charge is 2.50. The molecule has 0 heterocycles. The van der Waals surface area contributed by atoms with Crippen LogP contribution in [0, 0.1) is 17.3 Å². The number of unbranched alkanes of at least 4 members (excludes halogenated alkanes) is 3. The van der Waals surface area contributed by atoms with Gasteiger partial charge in [-0.05, 0) is 67.9 Å². The van der Waals surface area contributed by atoms with Crippen molar-refractivity contribution in [1.29, 1.82) is 0 Å². The van der Waals surface area contributed by atoms with Crippen molar-refractivity contribution < 1.29 is 9.90 Å². The maximum atomic E-state index is 12.1. The molecule has 1 saturated carbocycles. The zero-order valence-electron chi connectivity index (χ0n) is 14.4. The summed E-state index contributed by atoms with van der Waals surface area (Å²) in [6.07, 6.45) is 23.6. The Balaban J connectivity index is 1.61. The molecule has 2 atom stereocenters. The second-order valence-electron chi connectivity index (χ2n) is 7.35. The molecule has 3 rings (SSSR count). The summed E-state index contributed by atoms with van der Waals surface area (Å²) < 4.78 is 0. The topological polar surface area (TPSA) is 37.3 Å². The first-order valence-electron chi connectivity index (χ1n) is 9.30. The summed E-state index contributed by atoms with van der Waals surface area (Å²) in [7, 11) is 0. The molecular formula is C22H28O2. The quantitative estimate of drug-likeness (QED) is 0.442. The molecule has 2 nitrogen and oxygen atoms in total. The summed E-state index contributed by atoms with van der Waals surface area (Å²) in [5.74, 6) is 0.346. The van der Waals surface area contributed by atoms with Crippen molar-refractivity contribution >= 4 is 5.97 Å². The summed E-state index contributed by atoms with van der Waals surface area (Å²) in [4.78, 5) is 12.1. The van der Waals surface area contributed by atoms with Gasteiger partial charge in [-0.25, -0.2) is 0 Å². The number of aliphatic carboxylic acids is 1. The van der Waals surface area contributed by atoms with Gasteiger partial charge in [0.25, 0.3) is 0 Å². The minimum absolute atomic E-state index is 0.482. The largest absolute Gasteiger partial charge is 0.480 e. The van der Waals surface area contributed by atoms with Crippen LogP contribution in [0.25, 0.3) is 0 Å². The van der Waals surface area contributed by atoms with E-state index < -0.39 is 11.4 Å². The van der Waals surface area contributed by atoms with Crippen molar-refractivity contribution in [2.45, 2.75) is 51.4 Å².